The van der Waals surface area contributed by atoms with Gasteiger partial charge in [0.1, 0.15) is 5.15 Å². The molecule has 6 heteroatoms. The van der Waals surface area contributed by atoms with Gasteiger partial charge in [0.25, 0.3) is 5.91 Å². The summed E-state index contributed by atoms with van der Waals surface area (Å²) < 4.78 is 0. The van der Waals surface area contributed by atoms with Crippen LogP contribution in [0, 0.1) is 5.92 Å². The zero-order valence-corrected chi connectivity index (χ0v) is 13.5. The standard InChI is InChI=1S/C15H20Cl2N2O2/c1-2-10-3-5-15(21,6-4-10)9-19-14(20)11-7-13(17)18-8-12(11)16/h7-8,10,21H,2-6,9H2,1H3,(H,19,20). The Kier molecular flexibility index (Phi) is 5.47. The number of hydrogen-bond donors (Lipinski definition) is 2. The van der Waals surface area contributed by atoms with Crippen LogP contribution in [0.25, 0.3) is 0 Å². The van der Waals surface area contributed by atoms with Gasteiger partial charge in [0, 0.05) is 12.7 Å². The maximum absolute atomic E-state index is 12.1. The first kappa shape index (κ1) is 16.5. The van der Waals surface area contributed by atoms with Crippen molar-refractivity contribution in [3.63, 3.8) is 0 Å². The third-order valence-electron chi connectivity index (χ3n) is 4.26. The molecule has 4 nitrogen and oxygen atoms in total. The van der Waals surface area contributed by atoms with Crippen molar-refractivity contribution in [1.29, 1.82) is 0 Å². The van der Waals surface area contributed by atoms with E-state index in [0.29, 0.717) is 5.92 Å². The van der Waals surface area contributed by atoms with Gasteiger partial charge in [-0.2, -0.15) is 0 Å². The minimum absolute atomic E-state index is 0.215. The Hall–Kier alpha value is -0.840. The summed E-state index contributed by atoms with van der Waals surface area (Å²) in [6, 6.07) is 1.43. The van der Waals surface area contributed by atoms with Crippen LogP contribution in [0.5, 0.6) is 0 Å². The van der Waals surface area contributed by atoms with Gasteiger partial charge in [-0.25, -0.2) is 4.98 Å². The van der Waals surface area contributed by atoms with Crippen molar-refractivity contribution >= 4 is 29.1 Å². The second-order valence-corrected chi connectivity index (χ2v) is 6.54. The molecule has 0 radical (unpaired) electrons. The van der Waals surface area contributed by atoms with Crippen molar-refractivity contribution in [3.05, 3.63) is 28.0 Å². The number of hydrogen-bond acceptors (Lipinski definition) is 3. The second-order valence-electron chi connectivity index (χ2n) is 5.75. The van der Waals surface area contributed by atoms with Gasteiger partial charge < -0.3 is 10.4 Å². The van der Waals surface area contributed by atoms with Crippen molar-refractivity contribution in [2.75, 3.05) is 6.54 Å². The maximum Gasteiger partial charge on any atom is 0.253 e. The molecule has 21 heavy (non-hydrogen) atoms. The summed E-state index contributed by atoms with van der Waals surface area (Å²) in [6.07, 6.45) is 5.94. The Morgan fingerprint density at radius 2 is 2.14 bits per heavy atom. The highest BCUT2D eigenvalue weighted by Crippen LogP contribution is 2.33. The van der Waals surface area contributed by atoms with Crippen LogP contribution < -0.4 is 5.32 Å². The Labute approximate surface area is 134 Å². The van der Waals surface area contributed by atoms with Crippen LogP contribution in [0.15, 0.2) is 12.3 Å². The van der Waals surface area contributed by atoms with Crippen molar-refractivity contribution in [1.82, 2.24) is 10.3 Å². The average Bonchev–Trinajstić information content (AvgIpc) is 2.48. The zero-order chi connectivity index (χ0) is 15.5. The van der Waals surface area contributed by atoms with Crippen molar-refractivity contribution in [2.45, 2.75) is 44.6 Å². The zero-order valence-electron chi connectivity index (χ0n) is 12.0. The summed E-state index contributed by atoms with van der Waals surface area (Å²) in [6.45, 7) is 2.41. The summed E-state index contributed by atoms with van der Waals surface area (Å²) in [5, 5.41) is 13.7. The monoisotopic (exact) mass is 330 g/mol. The fourth-order valence-corrected chi connectivity index (χ4v) is 3.07. The fraction of sp³-hybridized carbons (Fsp3) is 0.600. The minimum atomic E-state index is -0.815. The molecule has 0 bridgehead atoms. The summed E-state index contributed by atoms with van der Waals surface area (Å²) in [5.41, 5.74) is -0.535. The normalized spacial score (nSPS) is 25.6. The van der Waals surface area contributed by atoms with E-state index in [4.69, 9.17) is 23.2 Å². The Balaban J connectivity index is 1.93. The Morgan fingerprint density at radius 1 is 1.48 bits per heavy atom. The van der Waals surface area contributed by atoms with Crippen LogP contribution in [-0.4, -0.2) is 28.1 Å². The lowest BCUT2D eigenvalue weighted by atomic mass is 9.78. The third-order valence-corrected chi connectivity index (χ3v) is 4.77. The molecule has 1 heterocycles. The topological polar surface area (TPSA) is 62.2 Å². The molecule has 0 spiro atoms. The van der Waals surface area contributed by atoms with E-state index in [0.717, 1.165) is 32.1 Å². The summed E-state index contributed by atoms with van der Waals surface area (Å²) in [7, 11) is 0. The minimum Gasteiger partial charge on any atom is -0.388 e. The van der Waals surface area contributed by atoms with E-state index in [1.165, 1.54) is 12.3 Å². The van der Waals surface area contributed by atoms with Gasteiger partial charge in [-0.05, 0) is 37.7 Å². The molecule has 0 atom stereocenters. The van der Waals surface area contributed by atoms with E-state index >= 15 is 0 Å². The number of aliphatic hydroxyl groups is 1. The molecule has 1 fully saturated rings. The van der Waals surface area contributed by atoms with E-state index in [9.17, 15) is 9.90 Å². The average molecular weight is 331 g/mol. The number of amides is 1. The molecule has 1 aromatic rings. The molecule has 1 aromatic heterocycles. The van der Waals surface area contributed by atoms with E-state index in [1.807, 2.05) is 0 Å². The molecule has 1 aliphatic rings. The highest BCUT2D eigenvalue weighted by Gasteiger charge is 2.33. The molecule has 1 amide bonds. The summed E-state index contributed by atoms with van der Waals surface area (Å²) in [5.74, 6) is 0.352. The highest BCUT2D eigenvalue weighted by atomic mass is 35.5. The Bertz CT molecular complexity index is 514. The second kappa shape index (κ2) is 6.95. The SMILES string of the molecule is CCC1CCC(O)(CNC(=O)c2cc(Cl)ncc2Cl)CC1. The summed E-state index contributed by atoms with van der Waals surface area (Å²) >= 11 is 11.7. The van der Waals surface area contributed by atoms with Gasteiger partial charge in [0.05, 0.1) is 16.2 Å². The predicted octanol–water partition coefficient (Wildman–Crippen LogP) is 3.45. The van der Waals surface area contributed by atoms with Crippen LogP contribution in [0.1, 0.15) is 49.4 Å². The third kappa shape index (κ3) is 4.31. The molecule has 1 aliphatic carbocycles. The number of pyridine rings is 1. The first-order valence-corrected chi connectivity index (χ1v) is 8.01. The quantitative estimate of drug-likeness (QED) is 0.831. The van der Waals surface area contributed by atoms with E-state index in [2.05, 4.69) is 17.2 Å². The molecule has 116 valence electrons. The molecular formula is C15H20Cl2N2O2. The van der Waals surface area contributed by atoms with Crippen molar-refractivity contribution in [3.8, 4) is 0 Å². The molecule has 1 saturated carbocycles. The van der Waals surface area contributed by atoms with Crippen LogP contribution in [0.3, 0.4) is 0 Å². The van der Waals surface area contributed by atoms with E-state index in [-0.39, 0.29) is 28.2 Å². The number of nitrogens with zero attached hydrogens (tertiary/aromatic N) is 1. The highest BCUT2D eigenvalue weighted by molar-refractivity contribution is 6.35. The fourth-order valence-electron chi connectivity index (χ4n) is 2.73. The van der Waals surface area contributed by atoms with Crippen LogP contribution in [-0.2, 0) is 0 Å². The molecule has 0 aromatic carbocycles. The van der Waals surface area contributed by atoms with Gasteiger partial charge >= 0.3 is 0 Å². The first-order chi connectivity index (χ1) is 9.93. The smallest absolute Gasteiger partial charge is 0.253 e. The number of carbonyl (C=O) groups excluding carboxylic acids is 1. The van der Waals surface area contributed by atoms with Gasteiger partial charge in [0.15, 0.2) is 0 Å². The number of carbonyl (C=O) groups is 1. The molecule has 2 rings (SSSR count). The summed E-state index contributed by atoms with van der Waals surface area (Å²) in [4.78, 5) is 15.9. The molecule has 0 saturated heterocycles. The number of aromatic nitrogens is 1. The lowest BCUT2D eigenvalue weighted by Crippen LogP contribution is -2.45. The number of rotatable bonds is 4. The lowest BCUT2D eigenvalue weighted by Gasteiger charge is -2.35. The molecule has 0 aliphatic heterocycles. The lowest BCUT2D eigenvalue weighted by molar-refractivity contribution is -0.00786. The number of halogens is 2. The molecular weight excluding hydrogens is 311 g/mol. The first-order valence-electron chi connectivity index (χ1n) is 7.25. The van der Waals surface area contributed by atoms with Gasteiger partial charge in [0.2, 0.25) is 0 Å². The van der Waals surface area contributed by atoms with Gasteiger partial charge in [-0.1, -0.05) is 36.5 Å². The van der Waals surface area contributed by atoms with E-state index in [1.54, 1.807) is 0 Å². The van der Waals surface area contributed by atoms with Crippen LogP contribution in [0.4, 0.5) is 0 Å². The largest absolute Gasteiger partial charge is 0.388 e. The predicted molar refractivity (Wildman–Crippen MR) is 83.8 cm³/mol. The van der Waals surface area contributed by atoms with Gasteiger partial charge in [-0.3, -0.25) is 4.79 Å². The Morgan fingerprint density at radius 3 is 2.76 bits per heavy atom. The van der Waals surface area contributed by atoms with Crippen molar-refractivity contribution < 1.29 is 9.90 Å². The maximum atomic E-state index is 12.1. The van der Waals surface area contributed by atoms with Gasteiger partial charge in [-0.15, -0.1) is 0 Å². The molecule has 0 unspecified atom stereocenters. The van der Waals surface area contributed by atoms with E-state index < -0.39 is 5.60 Å². The number of nitrogens with one attached hydrogen (secondary N) is 1. The van der Waals surface area contributed by atoms with Crippen LogP contribution >= 0.6 is 23.2 Å². The molecule has 2 N–H and O–H groups in total. The van der Waals surface area contributed by atoms with Crippen LogP contribution in [0.2, 0.25) is 10.2 Å². The van der Waals surface area contributed by atoms with Crippen molar-refractivity contribution in [2.24, 2.45) is 5.92 Å².